The van der Waals surface area contributed by atoms with Gasteiger partial charge in [-0.15, -0.1) is 0 Å². The second-order valence-electron chi connectivity index (χ2n) is 4.22. The molecule has 1 aliphatic heterocycles. The van der Waals surface area contributed by atoms with Gasteiger partial charge in [0.1, 0.15) is 0 Å². The van der Waals surface area contributed by atoms with Crippen LogP contribution in [0, 0.1) is 5.92 Å². The van der Waals surface area contributed by atoms with Gasteiger partial charge in [0, 0.05) is 17.9 Å². The van der Waals surface area contributed by atoms with Crippen molar-refractivity contribution in [2.45, 2.75) is 45.6 Å². The molecule has 0 atom stereocenters. The summed E-state index contributed by atoms with van der Waals surface area (Å²) in [7, 11) is 3.96. The SMILES string of the molecule is CC(C)OC(=O)CCCCC1CSSC1. The minimum Gasteiger partial charge on any atom is -0.463 e. The lowest BCUT2D eigenvalue weighted by Crippen LogP contribution is -2.11. The first-order valence-electron chi connectivity index (χ1n) is 5.62. The molecule has 0 N–H and O–H groups in total. The first-order chi connectivity index (χ1) is 7.18. The summed E-state index contributed by atoms with van der Waals surface area (Å²) in [5.74, 6) is 3.42. The molecule has 1 fully saturated rings. The molecule has 1 heterocycles. The van der Waals surface area contributed by atoms with Gasteiger partial charge >= 0.3 is 5.97 Å². The monoisotopic (exact) mass is 248 g/mol. The summed E-state index contributed by atoms with van der Waals surface area (Å²) in [4.78, 5) is 11.2. The predicted molar refractivity (Wildman–Crippen MR) is 68.1 cm³/mol. The molecule has 88 valence electrons. The molecule has 0 radical (unpaired) electrons. The van der Waals surface area contributed by atoms with Crippen LogP contribution in [0.2, 0.25) is 0 Å². The Kier molecular flexibility index (Phi) is 6.57. The molecular formula is C11H20O2S2. The van der Waals surface area contributed by atoms with Crippen molar-refractivity contribution in [2.24, 2.45) is 5.92 Å². The van der Waals surface area contributed by atoms with Crippen LogP contribution in [-0.4, -0.2) is 23.6 Å². The van der Waals surface area contributed by atoms with E-state index in [2.05, 4.69) is 0 Å². The molecule has 1 saturated heterocycles. The average molecular weight is 248 g/mol. The van der Waals surface area contributed by atoms with E-state index in [1.54, 1.807) is 0 Å². The zero-order valence-corrected chi connectivity index (χ0v) is 11.2. The van der Waals surface area contributed by atoms with Crippen molar-refractivity contribution in [1.82, 2.24) is 0 Å². The third kappa shape index (κ3) is 6.36. The highest BCUT2D eigenvalue weighted by Gasteiger charge is 2.15. The molecule has 2 nitrogen and oxygen atoms in total. The molecular weight excluding hydrogens is 228 g/mol. The van der Waals surface area contributed by atoms with E-state index in [-0.39, 0.29) is 12.1 Å². The molecule has 0 amide bonds. The smallest absolute Gasteiger partial charge is 0.306 e. The predicted octanol–water partition coefficient (Wildman–Crippen LogP) is 3.51. The van der Waals surface area contributed by atoms with Gasteiger partial charge in [-0.1, -0.05) is 28.0 Å². The Balaban J connectivity index is 1.94. The fourth-order valence-corrected chi connectivity index (χ4v) is 4.56. The molecule has 1 aliphatic rings. The molecule has 0 aromatic carbocycles. The Labute approximate surface area is 100 Å². The third-order valence-electron chi connectivity index (χ3n) is 2.30. The summed E-state index contributed by atoms with van der Waals surface area (Å²) in [5, 5.41) is 0. The lowest BCUT2D eigenvalue weighted by Gasteiger charge is -2.08. The summed E-state index contributed by atoms with van der Waals surface area (Å²) < 4.78 is 5.08. The zero-order valence-electron chi connectivity index (χ0n) is 9.53. The van der Waals surface area contributed by atoms with Crippen molar-refractivity contribution < 1.29 is 9.53 Å². The van der Waals surface area contributed by atoms with Crippen molar-refractivity contribution in [3.8, 4) is 0 Å². The number of unbranched alkanes of at least 4 members (excludes halogenated alkanes) is 1. The molecule has 0 aromatic heterocycles. The number of hydrogen-bond donors (Lipinski definition) is 0. The van der Waals surface area contributed by atoms with Crippen molar-refractivity contribution in [3.05, 3.63) is 0 Å². The van der Waals surface area contributed by atoms with Gasteiger partial charge in [0.05, 0.1) is 6.10 Å². The highest BCUT2D eigenvalue weighted by Crippen LogP contribution is 2.36. The van der Waals surface area contributed by atoms with Gasteiger partial charge in [0.2, 0.25) is 0 Å². The molecule has 0 aliphatic carbocycles. The van der Waals surface area contributed by atoms with Crippen LogP contribution < -0.4 is 0 Å². The summed E-state index contributed by atoms with van der Waals surface area (Å²) in [5.41, 5.74) is 0. The number of ether oxygens (including phenoxy) is 1. The number of rotatable bonds is 6. The largest absolute Gasteiger partial charge is 0.463 e. The second-order valence-corrected chi connectivity index (χ2v) is 6.77. The first-order valence-corrected chi connectivity index (χ1v) is 8.11. The van der Waals surface area contributed by atoms with Gasteiger partial charge in [-0.25, -0.2) is 0 Å². The maximum atomic E-state index is 11.2. The van der Waals surface area contributed by atoms with E-state index in [0.29, 0.717) is 6.42 Å². The Morgan fingerprint density at radius 1 is 1.33 bits per heavy atom. The number of carbonyl (C=O) groups is 1. The molecule has 1 rings (SSSR count). The normalized spacial score (nSPS) is 17.3. The van der Waals surface area contributed by atoms with E-state index in [1.807, 2.05) is 35.4 Å². The van der Waals surface area contributed by atoms with Crippen LogP contribution in [0.25, 0.3) is 0 Å². The van der Waals surface area contributed by atoms with Crippen molar-refractivity contribution in [2.75, 3.05) is 11.5 Å². The van der Waals surface area contributed by atoms with Crippen LogP contribution in [0.4, 0.5) is 0 Å². The van der Waals surface area contributed by atoms with Gasteiger partial charge < -0.3 is 4.74 Å². The van der Waals surface area contributed by atoms with Crippen LogP contribution in [-0.2, 0) is 9.53 Å². The fourth-order valence-electron chi connectivity index (χ4n) is 1.53. The number of esters is 1. The van der Waals surface area contributed by atoms with E-state index in [1.165, 1.54) is 24.3 Å². The van der Waals surface area contributed by atoms with E-state index in [4.69, 9.17) is 4.74 Å². The Hall–Kier alpha value is 0.170. The summed E-state index contributed by atoms with van der Waals surface area (Å²) in [6.45, 7) is 3.79. The lowest BCUT2D eigenvalue weighted by atomic mass is 10.1. The van der Waals surface area contributed by atoms with Gasteiger partial charge in [-0.2, -0.15) is 0 Å². The van der Waals surface area contributed by atoms with E-state index >= 15 is 0 Å². The molecule has 4 heteroatoms. The lowest BCUT2D eigenvalue weighted by molar-refractivity contribution is -0.147. The van der Waals surface area contributed by atoms with Crippen LogP contribution >= 0.6 is 21.6 Å². The Bertz CT molecular complexity index is 189. The minimum absolute atomic E-state index is 0.0279. The second kappa shape index (κ2) is 7.44. The quantitative estimate of drug-likeness (QED) is 0.408. The minimum atomic E-state index is -0.0415. The summed E-state index contributed by atoms with van der Waals surface area (Å²) >= 11 is 0. The Morgan fingerprint density at radius 3 is 2.60 bits per heavy atom. The van der Waals surface area contributed by atoms with Gasteiger partial charge in [-0.3, -0.25) is 4.79 Å². The summed E-state index contributed by atoms with van der Waals surface area (Å²) in [6, 6.07) is 0. The topological polar surface area (TPSA) is 26.3 Å². The standard InChI is InChI=1S/C11H20O2S2/c1-9(2)13-11(12)6-4-3-5-10-7-14-15-8-10/h9-10H,3-8H2,1-2H3. The zero-order chi connectivity index (χ0) is 11.1. The van der Waals surface area contributed by atoms with E-state index in [9.17, 15) is 4.79 Å². The van der Waals surface area contributed by atoms with Crippen LogP contribution in [0.15, 0.2) is 0 Å². The highest BCUT2D eigenvalue weighted by atomic mass is 33.1. The number of hydrogen-bond acceptors (Lipinski definition) is 4. The molecule has 0 aromatic rings. The van der Waals surface area contributed by atoms with Crippen LogP contribution in [0.3, 0.4) is 0 Å². The summed E-state index contributed by atoms with van der Waals surface area (Å²) in [6.07, 6.45) is 4.04. The van der Waals surface area contributed by atoms with Crippen LogP contribution in [0.5, 0.6) is 0 Å². The highest BCUT2D eigenvalue weighted by molar-refractivity contribution is 8.77. The van der Waals surface area contributed by atoms with Gasteiger partial charge in [0.15, 0.2) is 0 Å². The van der Waals surface area contributed by atoms with E-state index < -0.39 is 0 Å². The number of carbonyl (C=O) groups excluding carboxylic acids is 1. The molecule has 0 spiro atoms. The van der Waals surface area contributed by atoms with Crippen molar-refractivity contribution in [3.63, 3.8) is 0 Å². The maximum Gasteiger partial charge on any atom is 0.306 e. The van der Waals surface area contributed by atoms with Gasteiger partial charge in [0.25, 0.3) is 0 Å². The Morgan fingerprint density at radius 2 is 2.00 bits per heavy atom. The maximum absolute atomic E-state index is 11.2. The molecule has 0 bridgehead atoms. The first kappa shape index (κ1) is 13.2. The van der Waals surface area contributed by atoms with Crippen molar-refractivity contribution in [1.29, 1.82) is 0 Å². The molecule has 15 heavy (non-hydrogen) atoms. The fraction of sp³-hybridized carbons (Fsp3) is 0.909. The van der Waals surface area contributed by atoms with E-state index in [0.717, 1.165) is 12.3 Å². The van der Waals surface area contributed by atoms with Gasteiger partial charge in [-0.05, 0) is 32.6 Å². The molecule has 0 unspecified atom stereocenters. The third-order valence-corrected chi connectivity index (χ3v) is 5.00. The average Bonchev–Trinajstić information content (AvgIpc) is 2.63. The molecule has 0 saturated carbocycles. The van der Waals surface area contributed by atoms with Crippen LogP contribution in [0.1, 0.15) is 39.5 Å². The van der Waals surface area contributed by atoms with Crippen molar-refractivity contribution >= 4 is 27.6 Å².